The van der Waals surface area contributed by atoms with Gasteiger partial charge in [0.1, 0.15) is 0 Å². The minimum atomic E-state index is -3.89. The fourth-order valence-corrected chi connectivity index (χ4v) is 5.98. The molecule has 0 saturated carbocycles. The van der Waals surface area contributed by atoms with Gasteiger partial charge in [-0.2, -0.15) is 5.10 Å². The molecular weight excluding hydrogens is 414 g/mol. The summed E-state index contributed by atoms with van der Waals surface area (Å²) in [6, 6.07) is 15.9. The topological polar surface area (TPSA) is 90.3 Å². The van der Waals surface area contributed by atoms with Gasteiger partial charge >= 0.3 is 0 Å². The van der Waals surface area contributed by atoms with Crippen molar-refractivity contribution in [3.05, 3.63) is 72.6 Å². The third kappa shape index (κ3) is 4.00. The van der Waals surface area contributed by atoms with E-state index in [-0.39, 0.29) is 37.5 Å². The number of aryl methyl sites for hydroxylation is 1. The number of rotatable bonds is 6. The van der Waals surface area contributed by atoms with Crippen LogP contribution in [0.15, 0.2) is 71.9 Å². The highest BCUT2D eigenvalue weighted by atomic mass is 32.2. The van der Waals surface area contributed by atoms with Gasteiger partial charge in [-0.15, -0.1) is 0 Å². The van der Waals surface area contributed by atoms with Crippen LogP contribution in [0, 0.1) is 0 Å². The van der Waals surface area contributed by atoms with Gasteiger partial charge in [0.15, 0.2) is 14.6 Å². The van der Waals surface area contributed by atoms with Crippen molar-refractivity contribution in [1.29, 1.82) is 0 Å². The standard InChI is InChI=1S/C23H25N3O4S/c1-26-17-19(16-25-26)21-10-6-5-7-18(21)15-24-22(27)23(11-13-30-14-12-23)31(28,29)20-8-3-2-4-9-20/h2-10,16-17H,11-15H2,1H3,(H,24,27). The van der Waals surface area contributed by atoms with Crippen LogP contribution in [-0.2, 0) is 33.0 Å². The average Bonchev–Trinajstić information content (AvgIpc) is 3.24. The first-order valence-electron chi connectivity index (χ1n) is 10.2. The van der Waals surface area contributed by atoms with Crippen LogP contribution in [0.4, 0.5) is 0 Å². The van der Waals surface area contributed by atoms with Gasteiger partial charge in [-0.25, -0.2) is 8.42 Å². The van der Waals surface area contributed by atoms with Gasteiger partial charge in [0.05, 0.1) is 11.1 Å². The normalized spacial score (nSPS) is 16.0. The molecule has 7 nitrogen and oxygen atoms in total. The number of sulfone groups is 1. The van der Waals surface area contributed by atoms with Crippen LogP contribution in [0.2, 0.25) is 0 Å². The highest BCUT2D eigenvalue weighted by Gasteiger charge is 2.52. The van der Waals surface area contributed by atoms with Crippen LogP contribution in [0.5, 0.6) is 0 Å². The smallest absolute Gasteiger partial charge is 0.242 e. The zero-order valence-electron chi connectivity index (χ0n) is 17.3. The summed E-state index contributed by atoms with van der Waals surface area (Å²) in [5, 5.41) is 7.12. The van der Waals surface area contributed by atoms with E-state index in [0.717, 1.165) is 16.7 Å². The number of nitrogens with one attached hydrogen (secondary N) is 1. The SMILES string of the molecule is Cn1cc(-c2ccccc2CNC(=O)C2(S(=O)(=O)c3ccccc3)CCOCC2)cn1. The molecule has 4 rings (SSSR count). The Hall–Kier alpha value is -2.97. The molecule has 2 heterocycles. The van der Waals surface area contributed by atoms with Crippen molar-refractivity contribution in [2.75, 3.05) is 13.2 Å². The summed E-state index contributed by atoms with van der Waals surface area (Å²) in [4.78, 5) is 13.6. The molecule has 1 aromatic heterocycles. The third-order valence-electron chi connectivity index (χ3n) is 5.75. The summed E-state index contributed by atoms with van der Waals surface area (Å²) in [6.45, 7) is 0.675. The van der Waals surface area contributed by atoms with Crippen LogP contribution < -0.4 is 5.32 Å². The van der Waals surface area contributed by atoms with Crippen LogP contribution in [-0.4, -0.2) is 42.1 Å². The van der Waals surface area contributed by atoms with E-state index in [1.807, 2.05) is 37.5 Å². The van der Waals surface area contributed by atoms with Crippen molar-refractivity contribution < 1.29 is 17.9 Å². The molecule has 0 bridgehead atoms. The van der Waals surface area contributed by atoms with E-state index in [1.54, 1.807) is 29.1 Å². The molecule has 0 spiro atoms. The monoisotopic (exact) mass is 439 g/mol. The zero-order chi connectivity index (χ0) is 21.9. The van der Waals surface area contributed by atoms with Crippen LogP contribution in [0.25, 0.3) is 11.1 Å². The molecule has 2 aromatic carbocycles. The van der Waals surface area contributed by atoms with Gasteiger partial charge in [-0.1, -0.05) is 42.5 Å². The van der Waals surface area contributed by atoms with Gasteiger partial charge in [0, 0.05) is 38.6 Å². The predicted molar refractivity (Wildman–Crippen MR) is 117 cm³/mol. The zero-order valence-corrected chi connectivity index (χ0v) is 18.1. The summed E-state index contributed by atoms with van der Waals surface area (Å²) in [7, 11) is -2.05. The lowest BCUT2D eigenvalue weighted by molar-refractivity contribution is -0.126. The number of hydrogen-bond donors (Lipinski definition) is 1. The van der Waals surface area contributed by atoms with E-state index in [4.69, 9.17) is 4.74 Å². The fraction of sp³-hybridized carbons (Fsp3) is 0.304. The van der Waals surface area contributed by atoms with Crippen molar-refractivity contribution in [2.24, 2.45) is 7.05 Å². The summed E-state index contributed by atoms with van der Waals surface area (Å²) < 4.78 is 32.6. The van der Waals surface area contributed by atoms with Crippen LogP contribution >= 0.6 is 0 Å². The molecule has 0 atom stereocenters. The average molecular weight is 440 g/mol. The Morgan fingerprint density at radius 3 is 2.45 bits per heavy atom. The largest absolute Gasteiger partial charge is 0.381 e. The summed E-state index contributed by atoms with van der Waals surface area (Å²) >= 11 is 0. The Balaban J connectivity index is 1.62. The number of carbonyl (C=O) groups excluding carboxylic acids is 1. The number of amides is 1. The quantitative estimate of drug-likeness (QED) is 0.638. The van der Waals surface area contributed by atoms with Crippen LogP contribution in [0.1, 0.15) is 18.4 Å². The van der Waals surface area contributed by atoms with E-state index >= 15 is 0 Å². The van der Waals surface area contributed by atoms with E-state index in [9.17, 15) is 13.2 Å². The Kier molecular flexibility index (Phi) is 5.93. The molecule has 31 heavy (non-hydrogen) atoms. The van der Waals surface area contributed by atoms with Gasteiger partial charge < -0.3 is 10.1 Å². The fourth-order valence-electron chi connectivity index (χ4n) is 4.00. The van der Waals surface area contributed by atoms with Crippen LogP contribution in [0.3, 0.4) is 0 Å². The molecule has 8 heteroatoms. The molecule has 0 unspecified atom stereocenters. The molecule has 0 aliphatic carbocycles. The third-order valence-corrected chi connectivity index (χ3v) is 8.27. The van der Waals surface area contributed by atoms with E-state index in [0.29, 0.717) is 0 Å². The molecule has 1 saturated heterocycles. The number of carbonyl (C=O) groups is 1. The van der Waals surface area contributed by atoms with Gasteiger partial charge in [0.2, 0.25) is 5.91 Å². The maximum atomic E-state index is 13.5. The second-order valence-electron chi connectivity index (χ2n) is 7.67. The summed E-state index contributed by atoms with van der Waals surface area (Å²) in [6.07, 6.45) is 3.92. The van der Waals surface area contributed by atoms with Gasteiger partial charge in [-0.3, -0.25) is 9.48 Å². The van der Waals surface area contributed by atoms with Crippen molar-refractivity contribution in [3.8, 4) is 11.1 Å². The molecule has 3 aromatic rings. The van der Waals surface area contributed by atoms with E-state index in [1.165, 1.54) is 12.1 Å². The lowest BCUT2D eigenvalue weighted by Crippen LogP contribution is -2.55. The number of benzene rings is 2. The molecule has 1 N–H and O–H groups in total. The Labute approximate surface area is 182 Å². The van der Waals surface area contributed by atoms with Crippen molar-refractivity contribution in [3.63, 3.8) is 0 Å². The first-order valence-corrected chi connectivity index (χ1v) is 11.6. The second-order valence-corrected chi connectivity index (χ2v) is 9.93. The number of nitrogens with zero attached hydrogens (tertiary/aromatic N) is 2. The minimum absolute atomic E-state index is 0.125. The molecule has 1 aliphatic heterocycles. The maximum absolute atomic E-state index is 13.5. The molecule has 1 fully saturated rings. The first kappa shape index (κ1) is 21.3. The molecule has 1 amide bonds. The van der Waals surface area contributed by atoms with Crippen molar-refractivity contribution >= 4 is 15.7 Å². The van der Waals surface area contributed by atoms with Gasteiger partial charge in [0.25, 0.3) is 0 Å². The Morgan fingerprint density at radius 1 is 1.10 bits per heavy atom. The molecular formula is C23H25N3O4S. The second kappa shape index (κ2) is 8.64. The first-order chi connectivity index (χ1) is 14.9. The Bertz CT molecular complexity index is 1170. The lowest BCUT2D eigenvalue weighted by atomic mass is 9.97. The highest BCUT2D eigenvalue weighted by Crippen LogP contribution is 2.35. The highest BCUT2D eigenvalue weighted by molar-refractivity contribution is 7.93. The van der Waals surface area contributed by atoms with Crippen molar-refractivity contribution in [2.45, 2.75) is 29.0 Å². The number of aromatic nitrogens is 2. The van der Waals surface area contributed by atoms with E-state index in [2.05, 4.69) is 10.4 Å². The van der Waals surface area contributed by atoms with E-state index < -0.39 is 20.5 Å². The van der Waals surface area contributed by atoms with Crippen molar-refractivity contribution in [1.82, 2.24) is 15.1 Å². The molecule has 0 radical (unpaired) electrons. The predicted octanol–water partition coefficient (Wildman–Crippen LogP) is 2.73. The number of hydrogen-bond acceptors (Lipinski definition) is 5. The molecule has 1 aliphatic rings. The summed E-state index contributed by atoms with van der Waals surface area (Å²) in [5.41, 5.74) is 2.77. The molecule has 162 valence electrons. The Morgan fingerprint density at radius 2 is 1.77 bits per heavy atom. The summed E-state index contributed by atoms with van der Waals surface area (Å²) in [5.74, 6) is -0.486. The lowest BCUT2D eigenvalue weighted by Gasteiger charge is -2.35. The van der Waals surface area contributed by atoms with Gasteiger partial charge in [-0.05, 0) is 36.1 Å². The minimum Gasteiger partial charge on any atom is -0.381 e. The maximum Gasteiger partial charge on any atom is 0.242 e. The number of ether oxygens (including phenoxy) is 1.